The first-order valence-corrected chi connectivity index (χ1v) is 11.4. The fourth-order valence-electron chi connectivity index (χ4n) is 3.04. The van der Waals surface area contributed by atoms with E-state index in [1.807, 2.05) is 0 Å². The normalized spacial score (nSPS) is 15.1. The highest BCUT2D eigenvalue weighted by atomic mass is 32.2. The lowest BCUT2D eigenvalue weighted by Gasteiger charge is -2.34. The molecule has 1 fully saturated rings. The average molecular weight is 490 g/mol. The third kappa shape index (κ3) is 6.18. The molecule has 0 aliphatic carbocycles. The number of amides is 1. The molecule has 15 heteroatoms. The number of alkyl halides is 3. The molecular formula is C18H21F3N6O5S. The fourth-order valence-corrected chi connectivity index (χ4v) is 4.27. The first-order chi connectivity index (χ1) is 15.4. The van der Waals surface area contributed by atoms with Gasteiger partial charge >= 0.3 is 22.0 Å². The SMILES string of the molecule is CC(C)CS(=O)(=O)On1cc(C(=O)N2CCN(c3ncc(C(F)(F)F)cn3)CC2)cnc1=O. The zero-order valence-corrected chi connectivity index (χ0v) is 18.5. The quantitative estimate of drug-likeness (QED) is 0.566. The Morgan fingerprint density at radius 1 is 1.09 bits per heavy atom. The molecule has 2 aromatic heterocycles. The van der Waals surface area contributed by atoms with Gasteiger partial charge in [-0.15, -0.1) is 4.73 Å². The second-order valence-electron chi connectivity index (χ2n) is 7.69. The molecule has 180 valence electrons. The van der Waals surface area contributed by atoms with Crippen molar-refractivity contribution in [1.82, 2.24) is 24.6 Å². The number of hydrogen-bond acceptors (Lipinski definition) is 9. The van der Waals surface area contributed by atoms with Crippen LogP contribution in [0.2, 0.25) is 0 Å². The summed E-state index contributed by atoms with van der Waals surface area (Å²) >= 11 is 0. The lowest BCUT2D eigenvalue weighted by atomic mass is 10.2. The van der Waals surface area contributed by atoms with E-state index in [1.54, 1.807) is 18.7 Å². The molecule has 1 saturated heterocycles. The minimum Gasteiger partial charge on any atom is -0.337 e. The van der Waals surface area contributed by atoms with Gasteiger partial charge < -0.3 is 9.80 Å². The lowest BCUT2D eigenvalue weighted by Crippen LogP contribution is -2.49. The Morgan fingerprint density at radius 3 is 2.24 bits per heavy atom. The van der Waals surface area contributed by atoms with Crippen LogP contribution in [0.5, 0.6) is 0 Å². The van der Waals surface area contributed by atoms with Crippen molar-refractivity contribution in [3.8, 4) is 0 Å². The van der Waals surface area contributed by atoms with Crippen molar-refractivity contribution >= 4 is 22.0 Å². The number of hydrogen-bond donors (Lipinski definition) is 0. The van der Waals surface area contributed by atoms with E-state index < -0.39 is 33.5 Å². The van der Waals surface area contributed by atoms with Crippen LogP contribution in [0.1, 0.15) is 29.8 Å². The molecule has 0 atom stereocenters. The maximum atomic E-state index is 12.8. The van der Waals surface area contributed by atoms with E-state index in [0.29, 0.717) is 17.1 Å². The largest absolute Gasteiger partial charge is 0.419 e. The topological polar surface area (TPSA) is 128 Å². The molecule has 1 aliphatic heterocycles. The van der Waals surface area contributed by atoms with Gasteiger partial charge in [0.1, 0.15) is 0 Å². The summed E-state index contributed by atoms with van der Waals surface area (Å²) in [5.74, 6) is -0.984. The maximum absolute atomic E-state index is 12.8. The van der Waals surface area contributed by atoms with Crippen LogP contribution in [0.3, 0.4) is 0 Å². The van der Waals surface area contributed by atoms with Crippen LogP contribution in [0.4, 0.5) is 19.1 Å². The number of anilines is 1. The Bertz CT molecular complexity index is 1160. The summed E-state index contributed by atoms with van der Waals surface area (Å²) in [6.07, 6.45) is -1.16. The van der Waals surface area contributed by atoms with Crippen molar-refractivity contribution < 1.29 is 30.7 Å². The molecule has 3 rings (SSSR count). The summed E-state index contributed by atoms with van der Waals surface area (Å²) in [6.45, 7) is 4.21. The highest BCUT2D eigenvalue weighted by Crippen LogP contribution is 2.28. The number of aromatic nitrogens is 4. The maximum Gasteiger partial charge on any atom is 0.419 e. The minimum atomic E-state index is -4.54. The van der Waals surface area contributed by atoms with Gasteiger partial charge in [0.15, 0.2) is 0 Å². The van der Waals surface area contributed by atoms with Crippen LogP contribution in [-0.4, -0.2) is 70.8 Å². The highest BCUT2D eigenvalue weighted by molar-refractivity contribution is 7.86. The second kappa shape index (κ2) is 9.33. The number of halogens is 3. The van der Waals surface area contributed by atoms with Gasteiger partial charge in [-0.1, -0.05) is 13.8 Å². The van der Waals surface area contributed by atoms with Crippen LogP contribution >= 0.6 is 0 Å². The molecule has 2 aromatic rings. The van der Waals surface area contributed by atoms with Gasteiger partial charge in [-0.2, -0.15) is 26.6 Å². The van der Waals surface area contributed by atoms with Gasteiger partial charge in [0.2, 0.25) is 5.95 Å². The molecule has 0 aromatic carbocycles. The Morgan fingerprint density at radius 2 is 1.70 bits per heavy atom. The zero-order valence-electron chi connectivity index (χ0n) is 17.7. The molecular weight excluding hydrogens is 469 g/mol. The van der Waals surface area contributed by atoms with E-state index in [1.165, 1.54) is 4.90 Å². The third-order valence-corrected chi connectivity index (χ3v) is 6.02. The van der Waals surface area contributed by atoms with Crippen LogP contribution < -0.4 is 14.9 Å². The average Bonchev–Trinajstić information content (AvgIpc) is 2.73. The predicted molar refractivity (Wildman–Crippen MR) is 109 cm³/mol. The summed E-state index contributed by atoms with van der Waals surface area (Å²) in [5, 5.41) is 0. The van der Waals surface area contributed by atoms with Crippen molar-refractivity contribution in [2.45, 2.75) is 20.0 Å². The number of carbonyl (C=O) groups is 1. The third-order valence-electron chi connectivity index (χ3n) is 4.55. The smallest absolute Gasteiger partial charge is 0.337 e. The van der Waals surface area contributed by atoms with Gasteiger partial charge in [-0.05, 0) is 5.92 Å². The van der Waals surface area contributed by atoms with E-state index >= 15 is 0 Å². The van der Waals surface area contributed by atoms with Crippen LogP contribution in [0.25, 0.3) is 0 Å². The number of rotatable bonds is 6. The molecule has 0 unspecified atom stereocenters. The standard InChI is InChI=1S/C18H21F3N6O5S/c1-12(2)11-33(30,31)32-27-10-13(7-24-17(27)29)15(28)25-3-5-26(6-4-25)16-22-8-14(9-23-16)18(19,20)21/h7-10,12H,3-6,11H2,1-2H3. The molecule has 1 amide bonds. The predicted octanol–water partition coefficient (Wildman–Crippen LogP) is 0.429. The Balaban J connectivity index is 1.66. The molecule has 0 saturated carbocycles. The van der Waals surface area contributed by atoms with Gasteiger partial charge in [-0.25, -0.2) is 14.8 Å². The van der Waals surface area contributed by atoms with E-state index in [9.17, 15) is 31.2 Å². The Labute approximate surface area is 186 Å². The Kier molecular flexibility index (Phi) is 6.90. The zero-order chi connectivity index (χ0) is 24.4. The Hall–Kier alpha value is -3.23. The minimum absolute atomic E-state index is 0.0615. The summed E-state index contributed by atoms with van der Waals surface area (Å²) in [7, 11) is -4.07. The monoisotopic (exact) mass is 490 g/mol. The summed E-state index contributed by atoms with van der Waals surface area (Å²) in [5.41, 5.74) is -2.02. The molecule has 3 heterocycles. The van der Waals surface area contributed by atoms with Crippen molar-refractivity contribution in [2.24, 2.45) is 5.92 Å². The van der Waals surface area contributed by atoms with Gasteiger partial charge in [0, 0.05) is 44.8 Å². The molecule has 0 N–H and O–H groups in total. The fraction of sp³-hybridized carbons (Fsp3) is 0.500. The van der Waals surface area contributed by atoms with Crippen molar-refractivity contribution in [3.05, 3.63) is 46.4 Å². The summed E-state index contributed by atoms with van der Waals surface area (Å²) < 4.78 is 67.2. The number of piperazine rings is 1. The molecule has 0 radical (unpaired) electrons. The molecule has 0 bridgehead atoms. The lowest BCUT2D eigenvalue weighted by molar-refractivity contribution is -0.138. The van der Waals surface area contributed by atoms with E-state index in [4.69, 9.17) is 4.28 Å². The summed E-state index contributed by atoms with van der Waals surface area (Å²) in [6, 6.07) is 0. The van der Waals surface area contributed by atoms with Crippen LogP contribution in [0, 0.1) is 5.92 Å². The first-order valence-electron chi connectivity index (χ1n) is 9.80. The van der Waals surface area contributed by atoms with Gasteiger partial charge in [0.05, 0.1) is 23.1 Å². The molecule has 11 nitrogen and oxygen atoms in total. The molecule has 0 spiro atoms. The second-order valence-corrected chi connectivity index (χ2v) is 9.29. The van der Waals surface area contributed by atoms with Crippen LogP contribution in [-0.2, 0) is 16.3 Å². The van der Waals surface area contributed by atoms with E-state index in [-0.39, 0.29) is 49.4 Å². The molecule has 33 heavy (non-hydrogen) atoms. The number of carbonyl (C=O) groups excluding carboxylic acids is 1. The van der Waals surface area contributed by atoms with Crippen molar-refractivity contribution in [1.29, 1.82) is 0 Å². The van der Waals surface area contributed by atoms with Crippen molar-refractivity contribution in [2.75, 3.05) is 36.8 Å². The van der Waals surface area contributed by atoms with Gasteiger partial charge in [-0.3, -0.25) is 9.08 Å². The highest BCUT2D eigenvalue weighted by Gasteiger charge is 2.32. The van der Waals surface area contributed by atoms with E-state index in [0.717, 1.165) is 12.4 Å². The summed E-state index contributed by atoms with van der Waals surface area (Å²) in [4.78, 5) is 38.7. The van der Waals surface area contributed by atoms with E-state index in [2.05, 4.69) is 15.0 Å². The van der Waals surface area contributed by atoms with Crippen LogP contribution in [0.15, 0.2) is 29.6 Å². The first kappa shape index (κ1) is 24.4. The number of nitrogens with zero attached hydrogens (tertiary/aromatic N) is 6. The van der Waals surface area contributed by atoms with Gasteiger partial charge in [0.25, 0.3) is 5.91 Å². The molecule has 1 aliphatic rings. The van der Waals surface area contributed by atoms with Crippen molar-refractivity contribution in [3.63, 3.8) is 0 Å².